The van der Waals surface area contributed by atoms with E-state index in [-0.39, 0.29) is 17.9 Å². The number of phenols is 1. The van der Waals surface area contributed by atoms with Crippen LogP contribution in [0.4, 0.5) is 0 Å². The van der Waals surface area contributed by atoms with Crippen molar-refractivity contribution in [3.05, 3.63) is 89.0 Å². The molecule has 4 rings (SSSR count). The smallest absolute Gasteiger partial charge is 0.338 e. The first-order valence-electron chi connectivity index (χ1n) is 10.2. The van der Waals surface area contributed by atoms with E-state index in [4.69, 9.17) is 9.47 Å². The van der Waals surface area contributed by atoms with Crippen LogP contribution >= 0.6 is 27.3 Å². The SMILES string of the molecule is CCOC(=O)C1=C(C)N=c2s/c(=C/c3ccc(O)c(OC)c3)c(=O)n2[C@H]1c1ccc(Br)cc1. The minimum Gasteiger partial charge on any atom is -0.504 e. The van der Waals surface area contributed by atoms with Crippen LogP contribution in [-0.4, -0.2) is 29.4 Å². The van der Waals surface area contributed by atoms with E-state index in [9.17, 15) is 14.7 Å². The topological polar surface area (TPSA) is 90.1 Å². The van der Waals surface area contributed by atoms with Crippen molar-refractivity contribution in [3.8, 4) is 11.5 Å². The first-order chi connectivity index (χ1) is 15.8. The zero-order chi connectivity index (χ0) is 23.7. The number of methoxy groups -OCH3 is 1. The van der Waals surface area contributed by atoms with Crippen molar-refractivity contribution in [2.75, 3.05) is 13.7 Å². The maximum absolute atomic E-state index is 13.5. The highest BCUT2D eigenvalue weighted by Gasteiger charge is 2.33. The minimum absolute atomic E-state index is 0.0149. The van der Waals surface area contributed by atoms with Crippen LogP contribution < -0.4 is 19.6 Å². The maximum atomic E-state index is 13.5. The van der Waals surface area contributed by atoms with Crippen LogP contribution in [0, 0.1) is 0 Å². The fourth-order valence-electron chi connectivity index (χ4n) is 3.69. The van der Waals surface area contributed by atoms with E-state index in [0.29, 0.717) is 31.9 Å². The molecule has 0 fully saturated rings. The van der Waals surface area contributed by atoms with E-state index in [1.807, 2.05) is 24.3 Å². The normalized spacial score (nSPS) is 15.8. The lowest BCUT2D eigenvalue weighted by atomic mass is 9.96. The number of carbonyl (C=O) groups is 1. The molecule has 2 aromatic carbocycles. The first kappa shape index (κ1) is 23.0. The Balaban J connectivity index is 1.94. The highest BCUT2D eigenvalue weighted by atomic mass is 79.9. The van der Waals surface area contributed by atoms with Crippen molar-refractivity contribution in [2.45, 2.75) is 19.9 Å². The minimum atomic E-state index is -0.662. The fraction of sp³-hybridized carbons (Fsp3) is 0.208. The first-order valence-corrected chi connectivity index (χ1v) is 11.8. The Morgan fingerprint density at radius 2 is 2.00 bits per heavy atom. The average molecular weight is 529 g/mol. The van der Waals surface area contributed by atoms with Gasteiger partial charge in [0.2, 0.25) is 0 Å². The van der Waals surface area contributed by atoms with Gasteiger partial charge in [-0.15, -0.1) is 0 Å². The van der Waals surface area contributed by atoms with Crippen molar-refractivity contribution in [1.82, 2.24) is 4.57 Å². The van der Waals surface area contributed by atoms with Crippen molar-refractivity contribution in [1.29, 1.82) is 0 Å². The quantitative estimate of drug-likeness (QED) is 0.513. The summed E-state index contributed by atoms with van der Waals surface area (Å²) < 4.78 is 13.3. The van der Waals surface area contributed by atoms with Crippen molar-refractivity contribution >= 4 is 39.3 Å². The number of carbonyl (C=O) groups excluding carboxylic acids is 1. The number of ether oxygens (including phenoxy) is 2. The predicted molar refractivity (Wildman–Crippen MR) is 129 cm³/mol. The predicted octanol–water partition coefficient (Wildman–Crippen LogP) is 3.28. The number of rotatable bonds is 5. The third kappa shape index (κ3) is 4.38. The van der Waals surface area contributed by atoms with Crippen LogP contribution in [0.1, 0.15) is 31.0 Å². The Hall–Kier alpha value is -3.17. The summed E-state index contributed by atoms with van der Waals surface area (Å²) in [5, 5.41) is 9.85. The molecule has 33 heavy (non-hydrogen) atoms. The van der Waals surface area contributed by atoms with E-state index in [2.05, 4.69) is 20.9 Å². The number of nitrogens with zero attached hydrogens (tertiary/aromatic N) is 2. The van der Waals surface area contributed by atoms with Gasteiger partial charge in [-0.2, -0.15) is 0 Å². The number of thiazole rings is 1. The molecule has 0 radical (unpaired) electrons. The van der Waals surface area contributed by atoms with Gasteiger partial charge in [0.25, 0.3) is 5.56 Å². The monoisotopic (exact) mass is 528 g/mol. The van der Waals surface area contributed by atoms with E-state index in [1.165, 1.54) is 29.1 Å². The molecule has 7 nitrogen and oxygen atoms in total. The van der Waals surface area contributed by atoms with Gasteiger partial charge in [-0.05, 0) is 55.3 Å². The zero-order valence-corrected chi connectivity index (χ0v) is 20.6. The molecule has 9 heteroatoms. The Morgan fingerprint density at radius 3 is 2.67 bits per heavy atom. The highest BCUT2D eigenvalue weighted by molar-refractivity contribution is 9.10. The molecule has 0 unspecified atom stereocenters. The molecule has 1 atom stereocenters. The molecular formula is C24H21BrN2O5S. The molecule has 1 aromatic heterocycles. The summed E-state index contributed by atoms with van der Waals surface area (Å²) >= 11 is 4.67. The molecule has 1 N–H and O–H groups in total. The number of phenolic OH excluding ortho intramolecular Hbond substituents is 1. The average Bonchev–Trinajstić information content (AvgIpc) is 3.09. The number of fused-ring (bicyclic) bond motifs is 1. The molecule has 0 saturated carbocycles. The summed E-state index contributed by atoms with van der Waals surface area (Å²) in [6.07, 6.45) is 1.72. The summed E-state index contributed by atoms with van der Waals surface area (Å²) in [7, 11) is 1.46. The van der Waals surface area contributed by atoms with Crippen LogP contribution in [0.3, 0.4) is 0 Å². The Labute approximate surface area is 202 Å². The largest absolute Gasteiger partial charge is 0.504 e. The molecule has 0 aliphatic carbocycles. The standard InChI is InChI=1S/C24H21BrN2O5S/c1-4-32-23(30)20-13(2)26-24-27(21(20)15-6-8-16(25)9-7-15)22(29)19(33-24)12-14-5-10-17(28)18(11-14)31-3/h5-12,21,28H,4H2,1-3H3/b19-12+/t21-/m0/s1. The molecule has 1 aliphatic rings. The lowest BCUT2D eigenvalue weighted by molar-refractivity contribution is -0.139. The number of allylic oxidation sites excluding steroid dienone is 1. The van der Waals surface area contributed by atoms with Crippen LogP contribution in [0.15, 0.2) is 68.0 Å². The second-order valence-corrected chi connectivity index (χ2v) is 9.21. The van der Waals surface area contributed by atoms with E-state index >= 15 is 0 Å². The summed E-state index contributed by atoms with van der Waals surface area (Å²) in [5.74, 6) is -0.171. The van der Waals surface area contributed by atoms with Gasteiger partial charge in [-0.1, -0.05) is 45.5 Å². The second kappa shape index (κ2) is 9.36. The van der Waals surface area contributed by atoms with Crippen molar-refractivity contribution in [2.24, 2.45) is 4.99 Å². The van der Waals surface area contributed by atoms with E-state index in [0.717, 1.165) is 10.0 Å². The molecule has 3 aromatic rings. The second-order valence-electron chi connectivity index (χ2n) is 7.29. The van der Waals surface area contributed by atoms with Crippen molar-refractivity contribution < 1.29 is 19.4 Å². The highest BCUT2D eigenvalue weighted by Crippen LogP contribution is 2.31. The van der Waals surface area contributed by atoms with Gasteiger partial charge in [0.15, 0.2) is 16.3 Å². The summed E-state index contributed by atoms with van der Waals surface area (Å²) in [6, 6.07) is 11.7. The summed E-state index contributed by atoms with van der Waals surface area (Å²) in [6.45, 7) is 3.71. The Morgan fingerprint density at radius 1 is 1.27 bits per heavy atom. The van der Waals surface area contributed by atoms with Gasteiger partial charge in [-0.3, -0.25) is 9.36 Å². The van der Waals surface area contributed by atoms with E-state index in [1.54, 1.807) is 32.1 Å². The lowest BCUT2D eigenvalue weighted by Gasteiger charge is -2.24. The lowest BCUT2D eigenvalue weighted by Crippen LogP contribution is -2.39. The Kier molecular flexibility index (Phi) is 6.53. The number of hydrogen-bond donors (Lipinski definition) is 1. The number of aromatic nitrogens is 1. The third-order valence-corrected chi connectivity index (χ3v) is 6.72. The van der Waals surface area contributed by atoms with Gasteiger partial charge in [0, 0.05) is 4.47 Å². The number of esters is 1. The van der Waals surface area contributed by atoms with Gasteiger partial charge in [0.05, 0.1) is 35.6 Å². The van der Waals surface area contributed by atoms with Gasteiger partial charge in [-0.25, -0.2) is 9.79 Å². The molecule has 0 saturated heterocycles. The number of hydrogen-bond acceptors (Lipinski definition) is 7. The summed E-state index contributed by atoms with van der Waals surface area (Å²) in [4.78, 5) is 31.5. The van der Waals surface area contributed by atoms with Crippen LogP contribution in [-0.2, 0) is 9.53 Å². The third-order valence-electron chi connectivity index (χ3n) is 5.20. The molecule has 0 spiro atoms. The molecular weight excluding hydrogens is 508 g/mol. The molecule has 0 amide bonds. The Bertz CT molecular complexity index is 1440. The van der Waals surface area contributed by atoms with Crippen molar-refractivity contribution in [3.63, 3.8) is 0 Å². The van der Waals surface area contributed by atoms with Gasteiger partial charge >= 0.3 is 5.97 Å². The number of halogens is 1. The van der Waals surface area contributed by atoms with Crippen LogP contribution in [0.5, 0.6) is 11.5 Å². The molecule has 1 aliphatic heterocycles. The van der Waals surface area contributed by atoms with E-state index < -0.39 is 12.0 Å². The molecule has 170 valence electrons. The zero-order valence-electron chi connectivity index (χ0n) is 18.2. The molecule has 0 bridgehead atoms. The number of aromatic hydroxyl groups is 1. The van der Waals surface area contributed by atoms with Gasteiger partial charge in [0.1, 0.15) is 0 Å². The van der Waals surface area contributed by atoms with Gasteiger partial charge < -0.3 is 14.6 Å². The molecule has 2 heterocycles. The number of benzene rings is 2. The summed E-state index contributed by atoms with van der Waals surface area (Å²) in [5.41, 5.74) is 2.05. The fourth-order valence-corrected chi connectivity index (χ4v) is 5.00. The van der Waals surface area contributed by atoms with Crippen LogP contribution in [0.25, 0.3) is 6.08 Å². The maximum Gasteiger partial charge on any atom is 0.338 e. The van der Waals surface area contributed by atoms with Crippen LogP contribution in [0.2, 0.25) is 0 Å².